The first-order valence-corrected chi connectivity index (χ1v) is 8.55. The van der Waals surface area contributed by atoms with Crippen LogP contribution in [-0.4, -0.2) is 24.4 Å². The molecule has 1 heterocycles. The Labute approximate surface area is 157 Å². The number of aromatic hydroxyl groups is 2. The van der Waals surface area contributed by atoms with Crippen molar-refractivity contribution >= 4 is 0 Å². The minimum Gasteiger partial charge on any atom is -0.508 e. The first-order chi connectivity index (χ1) is 13.0. The zero-order valence-corrected chi connectivity index (χ0v) is 15.3. The van der Waals surface area contributed by atoms with E-state index >= 15 is 0 Å². The molecular formula is C22H20O5. The van der Waals surface area contributed by atoms with Gasteiger partial charge in [0, 0.05) is 23.3 Å². The molecule has 0 amide bonds. The molecule has 0 spiro atoms. The number of benzene rings is 3. The van der Waals surface area contributed by atoms with Gasteiger partial charge in [0.05, 0.1) is 25.2 Å². The number of fused-ring (bicyclic) bond motifs is 2. The van der Waals surface area contributed by atoms with E-state index in [-0.39, 0.29) is 11.5 Å². The quantitative estimate of drug-likeness (QED) is 0.712. The summed E-state index contributed by atoms with van der Waals surface area (Å²) in [4.78, 5) is 0. The highest BCUT2D eigenvalue weighted by Gasteiger charge is 2.43. The minimum atomic E-state index is -0.692. The molecule has 3 aromatic rings. The van der Waals surface area contributed by atoms with E-state index < -0.39 is 5.41 Å². The molecule has 5 heteroatoms. The highest BCUT2D eigenvalue weighted by molar-refractivity contribution is 5.69. The van der Waals surface area contributed by atoms with Gasteiger partial charge in [-0.25, -0.2) is 0 Å². The van der Waals surface area contributed by atoms with Crippen molar-refractivity contribution in [2.75, 3.05) is 14.2 Å². The van der Waals surface area contributed by atoms with Gasteiger partial charge in [-0.1, -0.05) is 18.2 Å². The number of phenols is 2. The summed E-state index contributed by atoms with van der Waals surface area (Å²) >= 11 is 0. The van der Waals surface area contributed by atoms with Crippen LogP contribution in [0.5, 0.6) is 34.5 Å². The molecule has 27 heavy (non-hydrogen) atoms. The number of methoxy groups -OCH3 is 2. The van der Waals surface area contributed by atoms with E-state index in [1.54, 1.807) is 38.5 Å². The van der Waals surface area contributed by atoms with Crippen molar-refractivity contribution < 1.29 is 24.4 Å². The Bertz CT molecular complexity index is 951. The van der Waals surface area contributed by atoms with Crippen LogP contribution in [0, 0.1) is 0 Å². The molecular weight excluding hydrogens is 344 g/mol. The van der Waals surface area contributed by atoms with E-state index in [9.17, 15) is 10.2 Å². The Hall–Kier alpha value is -3.34. The molecule has 0 atom stereocenters. The highest BCUT2D eigenvalue weighted by atomic mass is 16.5. The Morgan fingerprint density at radius 3 is 1.70 bits per heavy atom. The predicted molar refractivity (Wildman–Crippen MR) is 101 cm³/mol. The van der Waals surface area contributed by atoms with Crippen molar-refractivity contribution in [2.24, 2.45) is 0 Å². The largest absolute Gasteiger partial charge is 0.508 e. The maximum atomic E-state index is 9.95. The minimum absolute atomic E-state index is 0.103. The summed E-state index contributed by atoms with van der Waals surface area (Å²) < 4.78 is 17.3. The van der Waals surface area contributed by atoms with Crippen LogP contribution >= 0.6 is 0 Å². The van der Waals surface area contributed by atoms with Crippen molar-refractivity contribution in [1.82, 2.24) is 0 Å². The maximum absolute atomic E-state index is 9.95. The number of hydrogen-bond donors (Lipinski definition) is 2. The first-order valence-electron chi connectivity index (χ1n) is 8.55. The third-order valence-corrected chi connectivity index (χ3v) is 5.16. The molecule has 1 aliphatic rings. The van der Waals surface area contributed by atoms with Crippen molar-refractivity contribution in [2.45, 2.75) is 12.3 Å². The third-order valence-electron chi connectivity index (χ3n) is 5.16. The van der Waals surface area contributed by atoms with Gasteiger partial charge >= 0.3 is 0 Å². The van der Waals surface area contributed by atoms with Gasteiger partial charge < -0.3 is 24.4 Å². The Morgan fingerprint density at radius 2 is 1.26 bits per heavy atom. The van der Waals surface area contributed by atoms with Gasteiger partial charge in [0.15, 0.2) is 0 Å². The highest BCUT2D eigenvalue weighted by Crippen LogP contribution is 2.56. The molecule has 5 nitrogen and oxygen atoms in total. The molecule has 0 aromatic heterocycles. The summed E-state index contributed by atoms with van der Waals surface area (Å²) in [5.74, 6) is 2.60. The van der Waals surface area contributed by atoms with E-state index in [0.717, 1.165) is 16.7 Å². The lowest BCUT2D eigenvalue weighted by atomic mass is 9.68. The lowest BCUT2D eigenvalue weighted by Crippen LogP contribution is -2.30. The fraction of sp³-hybridized carbons (Fsp3) is 0.182. The van der Waals surface area contributed by atoms with Crippen LogP contribution in [0.1, 0.15) is 23.6 Å². The van der Waals surface area contributed by atoms with Crippen LogP contribution in [0.15, 0.2) is 54.6 Å². The Balaban J connectivity index is 2.12. The molecule has 0 saturated carbocycles. The second-order valence-electron chi connectivity index (χ2n) is 6.63. The summed E-state index contributed by atoms with van der Waals surface area (Å²) in [6, 6.07) is 15.7. The second-order valence-corrected chi connectivity index (χ2v) is 6.63. The summed E-state index contributed by atoms with van der Waals surface area (Å²) in [5, 5.41) is 19.9. The van der Waals surface area contributed by atoms with Crippen LogP contribution in [0.2, 0.25) is 0 Å². The predicted octanol–water partition coefficient (Wildman–Crippen LogP) is 4.58. The zero-order valence-electron chi connectivity index (χ0n) is 15.3. The normalized spacial score (nSPS) is 13.9. The van der Waals surface area contributed by atoms with Gasteiger partial charge in [-0.2, -0.15) is 0 Å². The van der Waals surface area contributed by atoms with Gasteiger partial charge in [0.25, 0.3) is 0 Å². The molecule has 3 aromatic carbocycles. The van der Waals surface area contributed by atoms with Gasteiger partial charge in [-0.05, 0) is 31.2 Å². The average Bonchev–Trinajstić information content (AvgIpc) is 2.66. The van der Waals surface area contributed by atoms with Crippen molar-refractivity contribution in [3.63, 3.8) is 0 Å². The van der Waals surface area contributed by atoms with E-state index in [2.05, 4.69) is 6.92 Å². The van der Waals surface area contributed by atoms with Crippen molar-refractivity contribution in [1.29, 1.82) is 0 Å². The fourth-order valence-corrected chi connectivity index (χ4v) is 3.89. The number of ether oxygens (including phenoxy) is 3. The SMILES string of the molecule is COc1cccc(OC)c1C1(C)c2ccc(O)cc2Oc2cc(O)ccc21. The topological polar surface area (TPSA) is 68.2 Å². The number of phenolic OH excluding ortho intramolecular Hbond substituents is 2. The monoisotopic (exact) mass is 364 g/mol. The summed E-state index contributed by atoms with van der Waals surface area (Å²) in [6.07, 6.45) is 0. The Morgan fingerprint density at radius 1 is 0.778 bits per heavy atom. The fourth-order valence-electron chi connectivity index (χ4n) is 3.89. The summed E-state index contributed by atoms with van der Waals surface area (Å²) in [5.41, 5.74) is 1.88. The molecule has 0 aliphatic carbocycles. The van der Waals surface area contributed by atoms with Crippen LogP contribution in [0.25, 0.3) is 0 Å². The van der Waals surface area contributed by atoms with E-state index in [0.29, 0.717) is 23.0 Å². The van der Waals surface area contributed by atoms with Gasteiger partial charge in [0.2, 0.25) is 0 Å². The average molecular weight is 364 g/mol. The van der Waals surface area contributed by atoms with Crippen LogP contribution < -0.4 is 14.2 Å². The molecule has 0 unspecified atom stereocenters. The number of rotatable bonds is 3. The van der Waals surface area contributed by atoms with E-state index in [1.165, 1.54) is 0 Å². The molecule has 138 valence electrons. The summed E-state index contributed by atoms with van der Waals surface area (Å²) in [7, 11) is 3.24. The standard InChI is InChI=1S/C22H20O5/c1-22(21-17(25-2)5-4-6-18(21)26-3)15-9-7-13(23)11-19(15)27-20-12-14(24)8-10-16(20)22/h4-12,23-24H,1-3H3. The van der Waals surface area contributed by atoms with Crippen LogP contribution in [0.4, 0.5) is 0 Å². The number of hydrogen-bond acceptors (Lipinski definition) is 5. The molecule has 0 bridgehead atoms. The molecule has 0 fully saturated rings. The Kier molecular flexibility index (Phi) is 3.88. The molecule has 0 saturated heterocycles. The lowest BCUT2D eigenvalue weighted by Gasteiger charge is -2.39. The zero-order chi connectivity index (χ0) is 19.2. The maximum Gasteiger partial charge on any atom is 0.135 e. The summed E-state index contributed by atoms with van der Waals surface area (Å²) in [6.45, 7) is 2.06. The second kappa shape index (κ2) is 6.13. The van der Waals surface area contributed by atoms with Crippen LogP contribution in [0.3, 0.4) is 0 Å². The first kappa shape index (κ1) is 17.1. The van der Waals surface area contributed by atoms with Crippen LogP contribution in [-0.2, 0) is 5.41 Å². The molecule has 4 rings (SSSR count). The smallest absolute Gasteiger partial charge is 0.135 e. The van der Waals surface area contributed by atoms with Gasteiger partial charge in [-0.15, -0.1) is 0 Å². The van der Waals surface area contributed by atoms with E-state index in [4.69, 9.17) is 14.2 Å². The van der Waals surface area contributed by atoms with Gasteiger partial charge in [0.1, 0.15) is 34.5 Å². The molecule has 1 aliphatic heterocycles. The van der Waals surface area contributed by atoms with Gasteiger partial charge in [-0.3, -0.25) is 0 Å². The van der Waals surface area contributed by atoms with Crippen molar-refractivity contribution in [3.8, 4) is 34.5 Å². The lowest BCUT2D eigenvalue weighted by molar-refractivity contribution is 0.363. The third kappa shape index (κ3) is 2.46. The van der Waals surface area contributed by atoms with Crippen molar-refractivity contribution in [3.05, 3.63) is 71.3 Å². The molecule has 0 radical (unpaired) electrons. The molecule has 2 N–H and O–H groups in total. The van der Waals surface area contributed by atoms with E-state index in [1.807, 2.05) is 30.3 Å².